The number of nitrogens with zero attached hydrogens (tertiary/aromatic N) is 3. The molecule has 0 radical (unpaired) electrons. The van der Waals surface area contributed by atoms with Crippen LogP contribution in [0, 0.1) is 0 Å². The van der Waals surface area contributed by atoms with Crippen molar-refractivity contribution in [3.8, 4) is 11.5 Å². The van der Waals surface area contributed by atoms with Crippen LogP contribution in [0.4, 0.5) is 4.79 Å². The van der Waals surface area contributed by atoms with Gasteiger partial charge in [0.25, 0.3) is 0 Å². The lowest BCUT2D eigenvalue weighted by Crippen LogP contribution is -2.49. The Bertz CT molecular complexity index is 803. The molecule has 0 N–H and O–H groups in total. The van der Waals surface area contributed by atoms with Crippen LogP contribution < -0.4 is 9.47 Å². The van der Waals surface area contributed by atoms with Gasteiger partial charge in [-0.2, -0.15) is 0 Å². The van der Waals surface area contributed by atoms with Crippen LogP contribution >= 0.6 is 0 Å². The van der Waals surface area contributed by atoms with Crippen molar-refractivity contribution in [2.24, 2.45) is 0 Å². The lowest BCUT2D eigenvalue weighted by molar-refractivity contribution is -0.134. The van der Waals surface area contributed by atoms with Gasteiger partial charge in [-0.1, -0.05) is 0 Å². The number of likely N-dealkylation sites (tertiary alicyclic amines) is 1. The number of hydrogen-bond donors (Lipinski definition) is 0. The Morgan fingerprint density at radius 1 is 1.06 bits per heavy atom. The van der Waals surface area contributed by atoms with E-state index >= 15 is 0 Å². The van der Waals surface area contributed by atoms with Gasteiger partial charge in [-0.05, 0) is 51.3 Å². The minimum atomic E-state index is -0.256. The van der Waals surface area contributed by atoms with Crippen LogP contribution in [0.1, 0.15) is 39.2 Å². The quantitative estimate of drug-likeness (QED) is 0.570. The summed E-state index contributed by atoms with van der Waals surface area (Å²) in [4.78, 5) is 31.0. The van der Waals surface area contributed by atoms with E-state index in [9.17, 15) is 9.59 Å². The number of carbonyl (C=O) groups excluding carboxylic acids is 2. The third-order valence-electron chi connectivity index (χ3n) is 6.52. The smallest absolute Gasteiger partial charge is 0.409 e. The van der Waals surface area contributed by atoms with E-state index in [1.807, 2.05) is 43.9 Å². The zero-order chi connectivity index (χ0) is 24.7. The summed E-state index contributed by atoms with van der Waals surface area (Å²) in [5.41, 5.74) is 0.956. The molecule has 0 aliphatic carbocycles. The van der Waals surface area contributed by atoms with Crippen molar-refractivity contribution in [1.82, 2.24) is 14.7 Å². The number of amides is 2. The van der Waals surface area contributed by atoms with Crippen molar-refractivity contribution in [3.05, 3.63) is 23.8 Å². The van der Waals surface area contributed by atoms with Crippen molar-refractivity contribution in [1.29, 1.82) is 0 Å². The number of benzene rings is 1. The van der Waals surface area contributed by atoms with Crippen molar-refractivity contribution >= 4 is 12.0 Å². The van der Waals surface area contributed by atoms with Crippen LogP contribution in [0.2, 0.25) is 0 Å². The number of ether oxygens (including phenoxy) is 4. The van der Waals surface area contributed by atoms with Crippen LogP contribution in [0.5, 0.6) is 11.5 Å². The first-order valence-corrected chi connectivity index (χ1v) is 12.1. The number of piperidine rings is 1. The lowest BCUT2D eigenvalue weighted by Gasteiger charge is -2.38. The molecule has 1 aromatic carbocycles. The first-order valence-electron chi connectivity index (χ1n) is 12.1. The maximum atomic E-state index is 13.1. The zero-order valence-corrected chi connectivity index (χ0v) is 21.1. The van der Waals surface area contributed by atoms with E-state index in [0.29, 0.717) is 57.4 Å². The molecule has 0 aromatic heterocycles. The second-order valence-electron chi connectivity index (χ2n) is 9.14. The number of methoxy groups -OCH3 is 2. The topological polar surface area (TPSA) is 80.8 Å². The van der Waals surface area contributed by atoms with E-state index < -0.39 is 0 Å². The average Bonchev–Trinajstić information content (AvgIpc) is 3.01. The molecule has 9 heteroatoms. The highest BCUT2D eigenvalue weighted by Crippen LogP contribution is 2.25. The third kappa shape index (κ3) is 6.76. The van der Waals surface area contributed by atoms with Gasteiger partial charge < -0.3 is 28.7 Å². The van der Waals surface area contributed by atoms with Crippen molar-refractivity contribution < 1.29 is 28.5 Å². The van der Waals surface area contributed by atoms with Crippen molar-refractivity contribution in [3.63, 3.8) is 0 Å². The predicted molar refractivity (Wildman–Crippen MR) is 128 cm³/mol. The van der Waals surface area contributed by atoms with Gasteiger partial charge in [0, 0.05) is 44.3 Å². The summed E-state index contributed by atoms with van der Waals surface area (Å²) >= 11 is 0. The van der Waals surface area contributed by atoms with Crippen LogP contribution in [0.25, 0.3) is 0 Å². The molecule has 2 aliphatic heterocycles. The molecule has 0 bridgehead atoms. The Morgan fingerprint density at radius 2 is 1.71 bits per heavy atom. The molecule has 0 spiro atoms. The van der Waals surface area contributed by atoms with Gasteiger partial charge in [0.15, 0.2) is 0 Å². The molecule has 2 saturated heterocycles. The highest BCUT2D eigenvalue weighted by molar-refractivity contribution is 5.79. The molecule has 2 aliphatic rings. The summed E-state index contributed by atoms with van der Waals surface area (Å²) in [6, 6.07) is 6.03. The fourth-order valence-corrected chi connectivity index (χ4v) is 4.64. The van der Waals surface area contributed by atoms with Gasteiger partial charge in [0.1, 0.15) is 11.5 Å². The minimum absolute atomic E-state index is 0.0983. The summed E-state index contributed by atoms with van der Waals surface area (Å²) in [5, 5.41) is 0. The van der Waals surface area contributed by atoms with Gasteiger partial charge in [-0.3, -0.25) is 9.69 Å². The van der Waals surface area contributed by atoms with Gasteiger partial charge >= 0.3 is 6.09 Å². The fourth-order valence-electron chi connectivity index (χ4n) is 4.64. The van der Waals surface area contributed by atoms with E-state index in [0.717, 1.165) is 18.4 Å². The van der Waals surface area contributed by atoms with Gasteiger partial charge in [-0.25, -0.2) is 4.79 Å². The molecular formula is C25H39N3O6. The first-order chi connectivity index (χ1) is 16.3. The molecular weight excluding hydrogens is 438 g/mol. The molecule has 1 atom stereocenters. The normalized spacial score (nSPS) is 20.4. The fraction of sp³-hybridized carbons (Fsp3) is 0.680. The van der Waals surface area contributed by atoms with Gasteiger partial charge in [0.05, 0.1) is 40.1 Å². The lowest BCUT2D eigenvalue weighted by atomic mass is 10.0. The van der Waals surface area contributed by atoms with Crippen LogP contribution in [0.3, 0.4) is 0 Å². The molecule has 34 heavy (non-hydrogen) atoms. The van der Waals surface area contributed by atoms with Crippen LogP contribution in [0.15, 0.2) is 18.2 Å². The van der Waals surface area contributed by atoms with E-state index in [2.05, 4.69) is 4.90 Å². The van der Waals surface area contributed by atoms with Crippen molar-refractivity contribution in [2.45, 2.75) is 58.4 Å². The Morgan fingerprint density at radius 3 is 2.26 bits per heavy atom. The zero-order valence-electron chi connectivity index (χ0n) is 21.1. The summed E-state index contributed by atoms with van der Waals surface area (Å²) in [7, 11) is 3.25. The molecule has 0 saturated carbocycles. The van der Waals surface area contributed by atoms with Crippen LogP contribution in [-0.4, -0.2) is 98.4 Å². The minimum Gasteiger partial charge on any atom is -0.497 e. The average molecular weight is 478 g/mol. The third-order valence-corrected chi connectivity index (χ3v) is 6.52. The van der Waals surface area contributed by atoms with E-state index in [1.54, 1.807) is 19.1 Å². The molecule has 0 unspecified atom stereocenters. The second-order valence-corrected chi connectivity index (χ2v) is 9.14. The maximum absolute atomic E-state index is 13.1. The molecule has 2 amide bonds. The van der Waals surface area contributed by atoms with Crippen LogP contribution in [-0.2, 0) is 20.9 Å². The molecule has 9 nitrogen and oxygen atoms in total. The number of hydrogen-bond acceptors (Lipinski definition) is 7. The van der Waals surface area contributed by atoms with E-state index in [4.69, 9.17) is 18.9 Å². The largest absolute Gasteiger partial charge is 0.497 e. The summed E-state index contributed by atoms with van der Waals surface area (Å²) < 4.78 is 22.2. The monoisotopic (exact) mass is 477 g/mol. The van der Waals surface area contributed by atoms with Gasteiger partial charge in [0.2, 0.25) is 5.91 Å². The predicted octanol–water partition coefficient (Wildman–Crippen LogP) is 2.76. The standard InChI is InChI=1S/C25H39N3O6/c1-6-33-25(30)26-9-7-20(8-10-26)27-14-23(15-28(18(2)3)24(29)16-27)34-17-19-11-21(31-4)13-22(12-19)32-5/h11-13,18,20,23H,6-10,14-17H2,1-5H3/t23-/m0/s1. The summed E-state index contributed by atoms with van der Waals surface area (Å²) in [6.45, 7) is 9.52. The molecule has 2 heterocycles. The maximum Gasteiger partial charge on any atom is 0.409 e. The number of carbonyl (C=O) groups is 2. The second kappa shape index (κ2) is 12.3. The molecule has 2 fully saturated rings. The van der Waals surface area contributed by atoms with E-state index in [1.165, 1.54) is 0 Å². The SMILES string of the molecule is CCOC(=O)N1CCC(N2CC(=O)N(C(C)C)C[C@@H](OCc3cc(OC)cc(OC)c3)C2)CC1. The van der Waals surface area contributed by atoms with Gasteiger partial charge in [-0.15, -0.1) is 0 Å². The Kier molecular flexibility index (Phi) is 9.41. The Hall–Kier alpha value is -2.52. The van der Waals surface area contributed by atoms with Crippen molar-refractivity contribution in [2.75, 3.05) is 53.6 Å². The first kappa shape index (κ1) is 26.1. The Labute approximate surface area is 202 Å². The molecule has 1 aromatic rings. The Balaban J connectivity index is 1.68. The molecule has 190 valence electrons. The van der Waals surface area contributed by atoms with E-state index in [-0.39, 0.29) is 30.2 Å². The highest BCUT2D eigenvalue weighted by Gasteiger charge is 2.35. The summed E-state index contributed by atoms with van der Waals surface area (Å²) in [5.74, 6) is 1.55. The number of rotatable bonds is 8. The highest BCUT2D eigenvalue weighted by atomic mass is 16.6. The molecule has 3 rings (SSSR count). The summed E-state index contributed by atoms with van der Waals surface area (Å²) in [6.07, 6.45) is 1.24.